The second-order valence-corrected chi connectivity index (χ2v) is 7.17. The van der Waals surface area contributed by atoms with Crippen molar-refractivity contribution >= 4 is 15.9 Å². The summed E-state index contributed by atoms with van der Waals surface area (Å²) in [4.78, 5) is 13.4. The molecule has 1 aromatic rings. The normalized spacial score (nSPS) is 11.6. The number of nitrogens with one attached hydrogen (secondary N) is 1. The minimum atomic E-state index is -3.50. The molecule has 0 saturated heterocycles. The molecule has 1 rings (SSSR count). The first kappa shape index (κ1) is 17.7. The molecule has 0 aromatic heterocycles. The van der Waals surface area contributed by atoms with E-state index in [1.54, 1.807) is 35.2 Å². The number of rotatable bonds is 8. The molecule has 0 aliphatic heterocycles. The molecule has 0 radical (unpaired) electrons. The third-order valence-electron chi connectivity index (χ3n) is 3.15. The number of hydrogen-bond donors (Lipinski definition) is 1. The van der Waals surface area contributed by atoms with E-state index in [1.165, 1.54) is 6.92 Å². The van der Waals surface area contributed by atoms with Gasteiger partial charge in [-0.25, -0.2) is 13.1 Å². The average molecular weight is 312 g/mol. The van der Waals surface area contributed by atoms with Crippen LogP contribution in [0.1, 0.15) is 27.2 Å². The average Bonchev–Trinajstić information content (AvgIpc) is 2.42. The first-order valence-corrected chi connectivity index (χ1v) is 8.61. The molecule has 0 spiro atoms. The highest BCUT2D eigenvalue weighted by atomic mass is 32.2. The Hall–Kier alpha value is -1.40. The molecule has 1 aromatic carbocycles. The van der Waals surface area contributed by atoms with Crippen LogP contribution in [0.25, 0.3) is 0 Å². The van der Waals surface area contributed by atoms with Crippen LogP contribution in [0.2, 0.25) is 0 Å². The van der Waals surface area contributed by atoms with Gasteiger partial charge in [-0.1, -0.05) is 32.0 Å². The summed E-state index contributed by atoms with van der Waals surface area (Å²) in [7, 11) is -3.50. The van der Waals surface area contributed by atoms with Gasteiger partial charge in [-0.15, -0.1) is 0 Å². The Bertz CT molecular complexity index is 541. The fourth-order valence-electron chi connectivity index (χ4n) is 1.84. The Balaban J connectivity index is 2.52. The topological polar surface area (TPSA) is 66.5 Å². The van der Waals surface area contributed by atoms with Crippen LogP contribution in [0.3, 0.4) is 0 Å². The molecule has 118 valence electrons. The summed E-state index contributed by atoms with van der Waals surface area (Å²) >= 11 is 0. The molecule has 0 bridgehead atoms. The summed E-state index contributed by atoms with van der Waals surface area (Å²) in [5.41, 5.74) is 0. The number of sulfonamides is 1. The summed E-state index contributed by atoms with van der Waals surface area (Å²) < 4.78 is 26.6. The highest BCUT2D eigenvalue weighted by Gasteiger charge is 2.14. The Morgan fingerprint density at radius 3 is 2.33 bits per heavy atom. The van der Waals surface area contributed by atoms with Gasteiger partial charge in [0.2, 0.25) is 15.9 Å². The van der Waals surface area contributed by atoms with Gasteiger partial charge in [-0.3, -0.25) is 4.79 Å². The molecule has 1 N–H and O–H groups in total. The van der Waals surface area contributed by atoms with Crippen molar-refractivity contribution in [2.24, 2.45) is 5.92 Å². The van der Waals surface area contributed by atoms with Crippen molar-refractivity contribution in [2.45, 2.75) is 32.1 Å². The highest BCUT2D eigenvalue weighted by Crippen LogP contribution is 2.07. The maximum Gasteiger partial charge on any atom is 0.240 e. The van der Waals surface area contributed by atoms with Crippen LogP contribution in [0.5, 0.6) is 0 Å². The predicted molar refractivity (Wildman–Crippen MR) is 83.3 cm³/mol. The smallest absolute Gasteiger partial charge is 0.240 e. The molecule has 21 heavy (non-hydrogen) atoms. The Morgan fingerprint density at radius 1 is 1.19 bits per heavy atom. The van der Waals surface area contributed by atoms with Crippen LogP contribution in [0.15, 0.2) is 35.2 Å². The zero-order valence-corrected chi connectivity index (χ0v) is 13.7. The van der Waals surface area contributed by atoms with Gasteiger partial charge < -0.3 is 4.90 Å². The second kappa shape index (κ2) is 8.14. The fourth-order valence-corrected chi connectivity index (χ4v) is 2.88. The lowest BCUT2D eigenvalue weighted by Gasteiger charge is -2.22. The number of hydrogen-bond acceptors (Lipinski definition) is 3. The quantitative estimate of drug-likeness (QED) is 0.797. The van der Waals surface area contributed by atoms with Crippen molar-refractivity contribution in [1.82, 2.24) is 9.62 Å². The van der Waals surface area contributed by atoms with Gasteiger partial charge in [0.1, 0.15) is 0 Å². The molecule has 0 aliphatic rings. The van der Waals surface area contributed by atoms with E-state index in [0.29, 0.717) is 19.0 Å². The molecule has 0 fully saturated rings. The van der Waals surface area contributed by atoms with Gasteiger partial charge in [-0.2, -0.15) is 0 Å². The summed E-state index contributed by atoms with van der Waals surface area (Å²) in [6.45, 7) is 6.95. The van der Waals surface area contributed by atoms with Crippen LogP contribution in [-0.4, -0.2) is 38.9 Å². The maximum absolute atomic E-state index is 12.0. The molecule has 0 aliphatic carbocycles. The zero-order valence-electron chi connectivity index (χ0n) is 12.9. The largest absolute Gasteiger partial charge is 0.342 e. The number of nitrogens with zero attached hydrogens (tertiary/aromatic N) is 1. The Labute approximate surface area is 127 Å². The van der Waals surface area contributed by atoms with Crippen molar-refractivity contribution in [3.8, 4) is 0 Å². The van der Waals surface area contributed by atoms with Crippen molar-refractivity contribution in [2.75, 3.05) is 19.6 Å². The summed E-state index contributed by atoms with van der Waals surface area (Å²) in [5, 5.41) is 0. The minimum absolute atomic E-state index is 0.0328. The van der Waals surface area contributed by atoms with Gasteiger partial charge in [0, 0.05) is 26.6 Å². The number of amides is 1. The molecule has 0 heterocycles. The van der Waals surface area contributed by atoms with Crippen molar-refractivity contribution in [3.63, 3.8) is 0 Å². The number of carbonyl (C=O) groups is 1. The van der Waals surface area contributed by atoms with Crippen molar-refractivity contribution in [3.05, 3.63) is 30.3 Å². The summed E-state index contributed by atoms with van der Waals surface area (Å²) in [5.74, 6) is 0.474. The van der Waals surface area contributed by atoms with E-state index in [9.17, 15) is 13.2 Å². The van der Waals surface area contributed by atoms with Crippen LogP contribution in [0.4, 0.5) is 0 Å². The van der Waals surface area contributed by atoms with Gasteiger partial charge in [0.05, 0.1) is 4.90 Å². The summed E-state index contributed by atoms with van der Waals surface area (Å²) in [6.07, 6.45) is 0.908. The first-order chi connectivity index (χ1) is 9.83. The monoisotopic (exact) mass is 312 g/mol. The van der Waals surface area contributed by atoms with E-state index >= 15 is 0 Å². The van der Waals surface area contributed by atoms with Crippen molar-refractivity contribution in [1.29, 1.82) is 0 Å². The van der Waals surface area contributed by atoms with E-state index in [-0.39, 0.29) is 17.3 Å². The summed E-state index contributed by atoms with van der Waals surface area (Å²) in [6, 6.07) is 8.22. The van der Waals surface area contributed by atoms with E-state index < -0.39 is 10.0 Å². The fraction of sp³-hybridized carbons (Fsp3) is 0.533. The molecular weight excluding hydrogens is 288 g/mol. The standard InChI is InChI=1S/C15H24N2O3S/c1-13(2)9-11-17(14(3)18)12-10-16-21(19,20)15-7-5-4-6-8-15/h4-8,13,16H,9-12H2,1-3H3. The van der Waals surface area contributed by atoms with Gasteiger partial charge >= 0.3 is 0 Å². The lowest BCUT2D eigenvalue weighted by molar-refractivity contribution is -0.128. The molecule has 0 atom stereocenters. The Kier molecular flexibility index (Phi) is 6.84. The van der Waals surface area contributed by atoms with E-state index in [4.69, 9.17) is 0 Å². The highest BCUT2D eigenvalue weighted by molar-refractivity contribution is 7.89. The SMILES string of the molecule is CC(=O)N(CCNS(=O)(=O)c1ccccc1)CCC(C)C. The number of benzene rings is 1. The zero-order chi connectivity index (χ0) is 15.9. The molecule has 5 nitrogen and oxygen atoms in total. The van der Waals surface area contributed by atoms with Crippen molar-refractivity contribution < 1.29 is 13.2 Å². The Morgan fingerprint density at radius 2 is 1.81 bits per heavy atom. The lowest BCUT2D eigenvalue weighted by Crippen LogP contribution is -2.38. The van der Waals surface area contributed by atoms with Crippen LogP contribution < -0.4 is 4.72 Å². The number of carbonyl (C=O) groups excluding carboxylic acids is 1. The van der Waals surface area contributed by atoms with Gasteiger partial charge in [0.15, 0.2) is 0 Å². The van der Waals surface area contributed by atoms with Gasteiger partial charge in [0.25, 0.3) is 0 Å². The van der Waals surface area contributed by atoms with E-state index in [0.717, 1.165) is 6.42 Å². The van der Waals surface area contributed by atoms with Gasteiger partial charge in [-0.05, 0) is 24.5 Å². The van der Waals surface area contributed by atoms with E-state index in [1.807, 2.05) is 0 Å². The first-order valence-electron chi connectivity index (χ1n) is 7.13. The molecule has 6 heteroatoms. The second-order valence-electron chi connectivity index (χ2n) is 5.40. The third-order valence-corrected chi connectivity index (χ3v) is 4.63. The predicted octanol–water partition coefficient (Wildman–Crippen LogP) is 1.86. The molecule has 0 unspecified atom stereocenters. The maximum atomic E-state index is 12.0. The minimum Gasteiger partial charge on any atom is -0.342 e. The molecule has 0 saturated carbocycles. The van der Waals surface area contributed by atoms with Crippen LogP contribution in [0, 0.1) is 5.92 Å². The van der Waals surface area contributed by atoms with Crippen LogP contribution in [-0.2, 0) is 14.8 Å². The molecular formula is C15H24N2O3S. The van der Waals surface area contributed by atoms with E-state index in [2.05, 4.69) is 18.6 Å². The lowest BCUT2D eigenvalue weighted by atomic mass is 10.1. The van der Waals surface area contributed by atoms with Crippen LogP contribution >= 0.6 is 0 Å². The third kappa shape index (κ3) is 6.27. The molecule has 1 amide bonds.